The van der Waals surface area contributed by atoms with Crippen LogP contribution in [0.25, 0.3) is 11.0 Å². The summed E-state index contributed by atoms with van der Waals surface area (Å²) in [5, 5.41) is 13.0. The highest BCUT2D eigenvalue weighted by Gasteiger charge is 2.12. The Morgan fingerprint density at radius 1 is 1.18 bits per heavy atom. The number of hydrogen-bond acceptors (Lipinski definition) is 5. The third kappa shape index (κ3) is 2.99. The highest BCUT2D eigenvalue weighted by Crippen LogP contribution is 2.26. The van der Waals surface area contributed by atoms with Crippen LogP contribution in [0.2, 0.25) is 0 Å². The second-order valence-corrected chi connectivity index (χ2v) is 6.03. The number of para-hydroxylation sites is 2. The van der Waals surface area contributed by atoms with Crippen molar-refractivity contribution in [3.05, 3.63) is 30.1 Å². The fourth-order valence-electron chi connectivity index (χ4n) is 2.41. The molecule has 3 rings (SSSR count). The molecule has 0 atom stereocenters. The number of aryl methyl sites for hydroxylation is 2. The summed E-state index contributed by atoms with van der Waals surface area (Å²) in [4.78, 5) is 4.72. The molecule has 22 heavy (non-hydrogen) atoms. The molecule has 0 saturated carbocycles. The van der Waals surface area contributed by atoms with Crippen molar-refractivity contribution in [1.29, 1.82) is 0 Å². The minimum atomic E-state index is 0.736. The van der Waals surface area contributed by atoms with Crippen molar-refractivity contribution in [2.24, 2.45) is 0 Å². The van der Waals surface area contributed by atoms with Crippen LogP contribution >= 0.6 is 11.8 Å². The van der Waals surface area contributed by atoms with E-state index in [4.69, 9.17) is 4.98 Å². The lowest BCUT2D eigenvalue weighted by Gasteiger charge is -2.06. The van der Waals surface area contributed by atoms with Gasteiger partial charge in [0.25, 0.3) is 0 Å². The fourth-order valence-corrected chi connectivity index (χ4v) is 3.42. The first kappa shape index (κ1) is 15.0. The molecule has 7 heteroatoms. The van der Waals surface area contributed by atoms with E-state index < -0.39 is 0 Å². The molecule has 0 aliphatic rings. The molecule has 0 aliphatic heterocycles. The second-order valence-electron chi connectivity index (χ2n) is 5.09. The summed E-state index contributed by atoms with van der Waals surface area (Å²) in [5.41, 5.74) is 2.22. The molecule has 0 spiro atoms. The molecule has 1 aromatic carbocycles. The Balaban J connectivity index is 1.78. The third-order valence-electron chi connectivity index (χ3n) is 3.60. The van der Waals surface area contributed by atoms with Crippen LogP contribution in [-0.4, -0.2) is 29.8 Å². The summed E-state index contributed by atoms with van der Waals surface area (Å²) in [6, 6.07) is 8.24. The number of tetrazole rings is 1. The first-order valence-corrected chi connectivity index (χ1v) is 8.65. The minimum Gasteiger partial charge on any atom is -0.319 e. The predicted octanol–water partition coefficient (Wildman–Crippen LogP) is 3.14. The van der Waals surface area contributed by atoms with Crippen LogP contribution in [0.15, 0.2) is 29.4 Å². The van der Waals surface area contributed by atoms with Crippen LogP contribution in [0, 0.1) is 0 Å². The van der Waals surface area contributed by atoms with E-state index in [2.05, 4.69) is 52.1 Å². The van der Waals surface area contributed by atoms with E-state index in [0.29, 0.717) is 0 Å². The lowest BCUT2D eigenvalue weighted by molar-refractivity contribution is 0.540. The van der Waals surface area contributed by atoms with E-state index in [9.17, 15) is 0 Å². The van der Waals surface area contributed by atoms with Crippen molar-refractivity contribution < 1.29 is 0 Å². The summed E-state index contributed by atoms with van der Waals surface area (Å²) in [6.45, 7) is 6.10. The molecule has 0 fully saturated rings. The van der Waals surface area contributed by atoms with Gasteiger partial charge in [0.1, 0.15) is 0 Å². The molecule has 0 amide bonds. The molecule has 2 heterocycles. The van der Waals surface area contributed by atoms with Crippen molar-refractivity contribution in [2.75, 3.05) is 0 Å². The first-order valence-electron chi connectivity index (χ1n) is 7.66. The van der Waals surface area contributed by atoms with Crippen LogP contribution < -0.4 is 0 Å². The summed E-state index contributed by atoms with van der Waals surface area (Å²) in [6.07, 6.45) is 2.23. The molecule has 0 unspecified atom stereocenters. The van der Waals surface area contributed by atoms with Gasteiger partial charge in [-0.3, -0.25) is 0 Å². The Bertz CT molecular complexity index is 747. The third-order valence-corrected chi connectivity index (χ3v) is 4.57. The Labute approximate surface area is 133 Å². The lowest BCUT2D eigenvalue weighted by atomic mass is 10.3. The number of unbranched alkanes of at least 4 members (excludes halogenated alkanes) is 1. The van der Waals surface area contributed by atoms with Crippen molar-refractivity contribution in [2.45, 2.75) is 50.7 Å². The monoisotopic (exact) mass is 316 g/mol. The molecule has 0 aliphatic carbocycles. The Morgan fingerprint density at radius 2 is 2.05 bits per heavy atom. The van der Waals surface area contributed by atoms with Gasteiger partial charge in [0, 0.05) is 13.1 Å². The second kappa shape index (κ2) is 6.91. The van der Waals surface area contributed by atoms with E-state index in [1.165, 1.54) is 5.52 Å². The summed E-state index contributed by atoms with van der Waals surface area (Å²) in [7, 11) is 0. The van der Waals surface area contributed by atoms with E-state index in [1.807, 2.05) is 10.7 Å². The maximum absolute atomic E-state index is 4.72. The molecule has 0 bridgehead atoms. The summed E-state index contributed by atoms with van der Waals surface area (Å²) >= 11 is 1.69. The standard InChI is InChI=1S/C15H20N6S/c1-3-5-10-21-14(17-18-19-21)11-22-15-16-12-8-6-7-9-13(12)20(15)4-2/h6-9H,3-5,10-11H2,1-2H3. The van der Waals surface area contributed by atoms with Gasteiger partial charge in [-0.25, -0.2) is 9.67 Å². The number of imidazole rings is 1. The summed E-state index contributed by atoms with van der Waals surface area (Å²) in [5.74, 6) is 1.65. The van der Waals surface area contributed by atoms with Gasteiger partial charge < -0.3 is 4.57 Å². The number of nitrogens with zero attached hydrogens (tertiary/aromatic N) is 6. The van der Waals surface area contributed by atoms with Gasteiger partial charge in [0.05, 0.1) is 16.8 Å². The molecule has 6 nitrogen and oxygen atoms in total. The van der Waals surface area contributed by atoms with Crippen molar-refractivity contribution >= 4 is 22.8 Å². The molecule has 0 saturated heterocycles. The highest BCUT2D eigenvalue weighted by atomic mass is 32.2. The normalized spacial score (nSPS) is 11.4. The molecular formula is C15H20N6S. The zero-order chi connectivity index (χ0) is 15.4. The first-order chi connectivity index (χ1) is 10.8. The van der Waals surface area contributed by atoms with Crippen LogP contribution in [-0.2, 0) is 18.8 Å². The zero-order valence-corrected chi connectivity index (χ0v) is 13.8. The van der Waals surface area contributed by atoms with E-state index >= 15 is 0 Å². The summed E-state index contributed by atoms with van der Waals surface area (Å²) < 4.78 is 4.13. The molecule has 0 radical (unpaired) electrons. The quantitative estimate of drug-likeness (QED) is 0.627. The SMILES string of the molecule is CCCCn1nnnc1CSc1nc2ccccc2n1CC. The van der Waals surface area contributed by atoms with E-state index in [-0.39, 0.29) is 0 Å². The van der Waals surface area contributed by atoms with Gasteiger partial charge >= 0.3 is 0 Å². The van der Waals surface area contributed by atoms with Crippen molar-refractivity contribution in [3.8, 4) is 0 Å². The Morgan fingerprint density at radius 3 is 2.86 bits per heavy atom. The largest absolute Gasteiger partial charge is 0.319 e. The smallest absolute Gasteiger partial charge is 0.169 e. The van der Waals surface area contributed by atoms with Gasteiger partial charge in [-0.1, -0.05) is 37.2 Å². The van der Waals surface area contributed by atoms with Gasteiger partial charge in [0.15, 0.2) is 11.0 Å². The number of fused-ring (bicyclic) bond motifs is 1. The molecule has 2 aromatic heterocycles. The average Bonchev–Trinajstić information content (AvgIpc) is 3.14. The van der Waals surface area contributed by atoms with Crippen LogP contribution in [0.3, 0.4) is 0 Å². The maximum Gasteiger partial charge on any atom is 0.169 e. The highest BCUT2D eigenvalue weighted by molar-refractivity contribution is 7.98. The average molecular weight is 316 g/mol. The van der Waals surface area contributed by atoms with Gasteiger partial charge in [-0.05, 0) is 35.9 Å². The molecule has 0 N–H and O–H groups in total. The maximum atomic E-state index is 4.72. The Kier molecular flexibility index (Phi) is 4.72. The van der Waals surface area contributed by atoms with E-state index in [0.717, 1.165) is 48.2 Å². The van der Waals surface area contributed by atoms with Crippen LogP contribution in [0.1, 0.15) is 32.5 Å². The molecular weight excluding hydrogens is 296 g/mol. The number of benzene rings is 1. The number of aromatic nitrogens is 6. The Hall–Kier alpha value is -1.89. The van der Waals surface area contributed by atoms with Gasteiger partial charge in [0.2, 0.25) is 0 Å². The zero-order valence-electron chi connectivity index (χ0n) is 12.9. The minimum absolute atomic E-state index is 0.736. The van der Waals surface area contributed by atoms with Crippen LogP contribution in [0.5, 0.6) is 0 Å². The van der Waals surface area contributed by atoms with Crippen molar-refractivity contribution in [3.63, 3.8) is 0 Å². The van der Waals surface area contributed by atoms with E-state index in [1.54, 1.807) is 11.8 Å². The van der Waals surface area contributed by atoms with Gasteiger partial charge in [-0.2, -0.15) is 0 Å². The number of hydrogen-bond donors (Lipinski definition) is 0. The number of rotatable bonds is 7. The molecule has 3 aromatic rings. The van der Waals surface area contributed by atoms with Crippen molar-refractivity contribution in [1.82, 2.24) is 29.8 Å². The molecule has 116 valence electrons. The predicted molar refractivity (Wildman–Crippen MR) is 87.7 cm³/mol. The topological polar surface area (TPSA) is 61.4 Å². The van der Waals surface area contributed by atoms with Gasteiger partial charge in [-0.15, -0.1) is 5.10 Å². The number of thioether (sulfide) groups is 1. The lowest BCUT2D eigenvalue weighted by Crippen LogP contribution is -2.05. The fraction of sp³-hybridized carbons (Fsp3) is 0.467. The van der Waals surface area contributed by atoms with Crippen LogP contribution in [0.4, 0.5) is 0 Å².